The van der Waals surface area contributed by atoms with Crippen molar-refractivity contribution in [1.29, 1.82) is 0 Å². The largest absolute Gasteiger partial charge is 0.366 e. The molecule has 0 atom stereocenters. The average Bonchev–Trinajstić information content (AvgIpc) is 2.74. The molecular weight excluding hydrogens is 228 g/mol. The average molecular weight is 244 g/mol. The summed E-state index contributed by atoms with van der Waals surface area (Å²) in [5.41, 5.74) is 7.76. The first-order valence-corrected chi connectivity index (χ1v) is 6.20. The molecule has 0 radical (unpaired) electrons. The Kier molecular flexibility index (Phi) is 2.56. The van der Waals surface area contributed by atoms with Crippen molar-refractivity contribution in [2.45, 2.75) is 20.0 Å². The fourth-order valence-electron chi connectivity index (χ4n) is 2.49. The Bertz CT molecular complexity index is 617. The molecule has 0 spiro atoms. The van der Waals surface area contributed by atoms with E-state index in [-0.39, 0.29) is 0 Å². The lowest BCUT2D eigenvalue weighted by atomic mass is 10.2. The molecule has 1 aliphatic rings. The number of nitrogens with zero attached hydrogens (tertiary/aromatic N) is 3. The first-order valence-electron chi connectivity index (χ1n) is 6.20. The number of carbonyl (C=O) groups is 1. The first-order chi connectivity index (χ1) is 8.69. The molecule has 0 fully saturated rings. The van der Waals surface area contributed by atoms with Gasteiger partial charge in [0.2, 0.25) is 5.91 Å². The molecule has 0 aliphatic carbocycles. The zero-order chi connectivity index (χ0) is 12.7. The van der Waals surface area contributed by atoms with Crippen molar-refractivity contribution in [2.24, 2.45) is 5.73 Å². The van der Waals surface area contributed by atoms with Gasteiger partial charge in [-0.15, -0.1) is 0 Å². The van der Waals surface area contributed by atoms with Crippen LogP contribution >= 0.6 is 0 Å². The molecule has 1 aromatic carbocycles. The fourth-order valence-corrected chi connectivity index (χ4v) is 2.49. The van der Waals surface area contributed by atoms with Gasteiger partial charge in [0, 0.05) is 18.7 Å². The maximum Gasteiger partial charge on any atom is 0.248 e. The molecule has 0 saturated heterocycles. The Labute approximate surface area is 105 Å². The zero-order valence-corrected chi connectivity index (χ0v) is 10.4. The molecule has 1 aliphatic heterocycles. The minimum atomic E-state index is -0.405. The van der Waals surface area contributed by atoms with Gasteiger partial charge < -0.3 is 10.3 Å². The van der Waals surface area contributed by atoms with Gasteiger partial charge in [-0.2, -0.15) is 0 Å². The van der Waals surface area contributed by atoms with E-state index >= 15 is 0 Å². The summed E-state index contributed by atoms with van der Waals surface area (Å²) in [6, 6.07) is 5.48. The second-order valence-corrected chi connectivity index (χ2v) is 4.62. The molecule has 94 valence electrons. The van der Waals surface area contributed by atoms with Crippen LogP contribution in [0.4, 0.5) is 0 Å². The molecule has 5 nitrogen and oxygen atoms in total. The molecule has 3 rings (SSSR count). The first kappa shape index (κ1) is 11.2. The standard InChI is InChI=1S/C13H16N4O/c1-2-16-5-6-17-11-4-3-9(13(14)18)7-10(11)15-12(17)8-16/h3-4,7H,2,5-6,8H2,1H3,(H2,14,18). The maximum absolute atomic E-state index is 11.2. The smallest absolute Gasteiger partial charge is 0.248 e. The van der Waals surface area contributed by atoms with Crippen molar-refractivity contribution in [2.75, 3.05) is 13.1 Å². The van der Waals surface area contributed by atoms with Crippen LogP contribution in [-0.4, -0.2) is 33.4 Å². The maximum atomic E-state index is 11.2. The second kappa shape index (κ2) is 4.10. The SMILES string of the molecule is CCN1CCn2c(nc3cc(C(N)=O)ccc32)C1. The topological polar surface area (TPSA) is 64.2 Å². The van der Waals surface area contributed by atoms with E-state index in [1.54, 1.807) is 12.1 Å². The number of primary amides is 1. The van der Waals surface area contributed by atoms with Gasteiger partial charge in [-0.25, -0.2) is 4.98 Å². The summed E-state index contributed by atoms with van der Waals surface area (Å²) in [5, 5.41) is 0. The van der Waals surface area contributed by atoms with Gasteiger partial charge in [-0.3, -0.25) is 9.69 Å². The van der Waals surface area contributed by atoms with E-state index in [0.717, 1.165) is 43.0 Å². The van der Waals surface area contributed by atoms with E-state index < -0.39 is 5.91 Å². The quantitative estimate of drug-likeness (QED) is 0.856. The van der Waals surface area contributed by atoms with Crippen LogP contribution < -0.4 is 5.73 Å². The number of likely N-dealkylation sites (N-methyl/N-ethyl adjacent to an activating group) is 1. The summed E-state index contributed by atoms with van der Waals surface area (Å²) < 4.78 is 2.23. The van der Waals surface area contributed by atoms with Crippen molar-refractivity contribution >= 4 is 16.9 Å². The van der Waals surface area contributed by atoms with Gasteiger partial charge in [0.15, 0.2) is 0 Å². The van der Waals surface area contributed by atoms with Gasteiger partial charge in [0.1, 0.15) is 5.82 Å². The molecule has 0 bridgehead atoms. The predicted octanol–water partition coefficient (Wildman–Crippen LogP) is 0.971. The van der Waals surface area contributed by atoms with E-state index in [0.29, 0.717) is 5.56 Å². The number of amides is 1. The van der Waals surface area contributed by atoms with Gasteiger partial charge in [0.05, 0.1) is 17.6 Å². The highest BCUT2D eigenvalue weighted by molar-refractivity contribution is 5.96. The predicted molar refractivity (Wildman–Crippen MR) is 69.2 cm³/mol. The molecule has 1 amide bonds. The van der Waals surface area contributed by atoms with Crippen LogP contribution in [0, 0.1) is 0 Å². The monoisotopic (exact) mass is 244 g/mol. The number of hydrogen-bond donors (Lipinski definition) is 1. The third kappa shape index (κ3) is 1.67. The molecule has 2 aromatic rings. The third-order valence-corrected chi connectivity index (χ3v) is 3.56. The van der Waals surface area contributed by atoms with Crippen molar-refractivity contribution < 1.29 is 4.79 Å². The number of fused-ring (bicyclic) bond motifs is 3. The van der Waals surface area contributed by atoms with Crippen molar-refractivity contribution in [1.82, 2.24) is 14.5 Å². The number of rotatable bonds is 2. The highest BCUT2D eigenvalue weighted by Crippen LogP contribution is 2.21. The van der Waals surface area contributed by atoms with Crippen LogP contribution in [-0.2, 0) is 13.1 Å². The summed E-state index contributed by atoms with van der Waals surface area (Å²) in [6.07, 6.45) is 0. The van der Waals surface area contributed by atoms with Gasteiger partial charge in [-0.1, -0.05) is 6.92 Å². The lowest BCUT2D eigenvalue weighted by molar-refractivity contribution is 0.100. The minimum absolute atomic E-state index is 0.405. The van der Waals surface area contributed by atoms with Crippen molar-refractivity contribution in [3.05, 3.63) is 29.6 Å². The molecule has 5 heteroatoms. The normalized spacial score (nSPS) is 15.8. The molecule has 1 aromatic heterocycles. The van der Waals surface area contributed by atoms with Gasteiger partial charge in [-0.05, 0) is 24.7 Å². The van der Waals surface area contributed by atoms with Gasteiger partial charge >= 0.3 is 0 Å². The highest BCUT2D eigenvalue weighted by atomic mass is 16.1. The number of benzene rings is 1. The third-order valence-electron chi connectivity index (χ3n) is 3.56. The minimum Gasteiger partial charge on any atom is -0.366 e. The Balaban J connectivity index is 2.09. The zero-order valence-electron chi connectivity index (χ0n) is 10.4. The molecule has 18 heavy (non-hydrogen) atoms. The Hall–Kier alpha value is -1.88. The van der Waals surface area contributed by atoms with E-state index in [9.17, 15) is 4.79 Å². The summed E-state index contributed by atoms with van der Waals surface area (Å²) >= 11 is 0. The Morgan fingerprint density at radius 2 is 2.28 bits per heavy atom. The van der Waals surface area contributed by atoms with E-state index in [1.807, 2.05) is 6.07 Å². The van der Waals surface area contributed by atoms with Crippen LogP contribution in [0.15, 0.2) is 18.2 Å². The van der Waals surface area contributed by atoms with Crippen LogP contribution in [0.3, 0.4) is 0 Å². The van der Waals surface area contributed by atoms with Crippen molar-refractivity contribution in [3.8, 4) is 0 Å². The van der Waals surface area contributed by atoms with Crippen LogP contribution in [0.25, 0.3) is 11.0 Å². The van der Waals surface area contributed by atoms with Crippen LogP contribution in [0.1, 0.15) is 23.1 Å². The van der Waals surface area contributed by atoms with E-state index in [4.69, 9.17) is 5.73 Å². The molecule has 2 heterocycles. The summed E-state index contributed by atoms with van der Waals surface area (Å²) in [7, 11) is 0. The lowest BCUT2D eigenvalue weighted by Crippen LogP contribution is -2.33. The second-order valence-electron chi connectivity index (χ2n) is 4.62. The van der Waals surface area contributed by atoms with Crippen LogP contribution in [0.2, 0.25) is 0 Å². The number of nitrogens with two attached hydrogens (primary N) is 1. The molecule has 0 unspecified atom stereocenters. The molecule has 0 saturated carbocycles. The van der Waals surface area contributed by atoms with Crippen LogP contribution in [0.5, 0.6) is 0 Å². The highest BCUT2D eigenvalue weighted by Gasteiger charge is 2.19. The summed E-state index contributed by atoms with van der Waals surface area (Å²) in [6.45, 7) is 6.07. The number of imidazole rings is 1. The number of aromatic nitrogens is 2. The fraction of sp³-hybridized carbons (Fsp3) is 0.385. The Morgan fingerprint density at radius 1 is 1.44 bits per heavy atom. The molecule has 2 N–H and O–H groups in total. The van der Waals surface area contributed by atoms with E-state index in [1.165, 1.54) is 0 Å². The summed E-state index contributed by atoms with van der Waals surface area (Å²) in [4.78, 5) is 18.1. The number of hydrogen-bond acceptors (Lipinski definition) is 3. The summed E-state index contributed by atoms with van der Waals surface area (Å²) in [5.74, 6) is 0.665. The van der Waals surface area contributed by atoms with E-state index in [2.05, 4.69) is 21.4 Å². The lowest BCUT2D eigenvalue weighted by Gasteiger charge is -2.26. The van der Waals surface area contributed by atoms with Gasteiger partial charge in [0.25, 0.3) is 0 Å². The number of carbonyl (C=O) groups excluding carboxylic acids is 1. The Morgan fingerprint density at radius 3 is 3.00 bits per heavy atom. The molecular formula is C13H16N4O. The van der Waals surface area contributed by atoms with Crippen molar-refractivity contribution in [3.63, 3.8) is 0 Å².